The molecule has 1 amide bonds. The molecule has 0 spiro atoms. The van der Waals surface area contributed by atoms with Crippen molar-refractivity contribution < 1.29 is 24.2 Å². The van der Waals surface area contributed by atoms with Crippen LogP contribution in [0.4, 0.5) is 15.8 Å². The first kappa shape index (κ1) is 23.7. The Kier molecular flexibility index (Phi) is 5.93. The second-order valence-corrected chi connectivity index (χ2v) is 8.76. The molecular formula is C29H22FN3O4. The molecule has 0 atom stereocenters. The third-order valence-corrected chi connectivity index (χ3v) is 6.40. The third-order valence-electron chi connectivity index (χ3n) is 6.40. The normalized spacial score (nSPS) is 13.4. The maximum atomic E-state index is 14.9. The van der Waals surface area contributed by atoms with Crippen molar-refractivity contribution in [1.82, 2.24) is 0 Å². The summed E-state index contributed by atoms with van der Waals surface area (Å²) in [7, 11) is 0. The lowest BCUT2D eigenvalue weighted by Crippen LogP contribution is -2.16. The van der Waals surface area contributed by atoms with Crippen LogP contribution in [0.5, 0.6) is 5.75 Å². The molecule has 4 aromatic carbocycles. The number of hydrazone groups is 1. The lowest BCUT2D eigenvalue weighted by molar-refractivity contribution is -0.110. The number of anilines is 2. The van der Waals surface area contributed by atoms with E-state index in [0.717, 1.165) is 11.1 Å². The van der Waals surface area contributed by atoms with Crippen molar-refractivity contribution in [1.29, 1.82) is 0 Å². The Morgan fingerprint density at radius 3 is 2.46 bits per heavy atom. The Morgan fingerprint density at radius 2 is 1.70 bits per heavy atom. The molecular weight excluding hydrogens is 473 g/mol. The molecule has 0 saturated heterocycles. The maximum Gasteiger partial charge on any atom is 0.335 e. The predicted molar refractivity (Wildman–Crippen MR) is 141 cm³/mol. The Labute approximate surface area is 211 Å². The zero-order valence-corrected chi connectivity index (χ0v) is 20.0. The van der Waals surface area contributed by atoms with Crippen molar-refractivity contribution in [3.05, 3.63) is 101 Å². The summed E-state index contributed by atoms with van der Waals surface area (Å²) in [5.41, 5.74) is 7.72. The number of nitrogens with zero attached hydrogens (tertiary/aromatic N) is 1. The second-order valence-electron chi connectivity index (χ2n) is 8.76. The van der Waals surface area contributed by atoms with Crippen LogP contribution in [0.3, 0.4) is 0 Å². The number of carboxylic acid groups (broad SMARTS) is 1. The van der Waals surface area contributed by atoms with Crippen molar-refractivity contribution in [3.63, 3.8) is 0 Å². The number of hydrogen-bond acceptors (Lipinski definition) is 5. The van der Waals surface area contributed by atoms with Crippen LogP contribution in [0, 0.1) is 19.7 Å². The van der Waals surface area contributed by atoms with Crippen molar-refractivity contribution in [2.24, 2.45) is 5.10 Å². The molecule has 1 aliphatic rings. The fraction of sp³-hybridized carbons (Fsp3) is 0.0690. The summed E-state index contributed by atoms with van der Waals surface area (Å²) in [6, 6.07) is 19.4. The van der Waals surface area contributed by atoms with E-state index in [9.17, 15) is 24.2 Å². The van der Waals surface area contributed by atoms with E-state index in [2.05, 4.69) is 15.8 Å². The highest BCUT2D eigenvalue weighted by Crippen LogP contribution is 2.39. The maximum absolute atomic E-state index is 14.9. The van der Waals surface area contributed by atoms with Gasteiger partial charge in [-0.15, -0.1) is 0 Å². The number of halogens is 1. The number of fused-ring (bicyclic) bond motifs is 1. The van der Waals surface area contributed by atoms with Gasteiger partial charge in [-0.05, 0) is 66.4 Å². The van der Waals surface area contributed by atoms with Gasteiger partial charge in [0, 0.05) is 16.7 Å². The lowest BCUT2D eigenvalue weighted by Gasteiger charge is -2.11. The van der Waals surface area contributed by atoms with Gasteiger partial charge in [0.25, 0.3) is 5.91 Å². The molecule has 0 aliphatic carbocycles. The molecule has 0 bridgehead atoms. The molecule has 0 aromatic heterocycles. The number of amides is 1. The van der Waals surface area contributed by atoms with E-state index in [1.54, 1.807) is 30.3 Å². The molecule has 8 heteroatoms. The summed E-state index contributed by atoms with van der Waals surface area (Å²) in [5, 5.41) is 27.1. The largest absolute Gasteiger partial charge is 0.505 e. The molecule has 184 valence electrons. The molecule has 37 heavy (non-hydrogen) atoms. The first-order valence-electron chi connectivity index (χ1n) is 11.5. The zero-order chi connectivity index (χ0) is 26.3. The topological polar surface area (TPSA) is 111 Å². The number of carbonyl (C=O) groups is 2. The third kappa shape index (κ3) is 4.29. The Morgan fingerprint density at radius 1 is 0.919 bits per heavy atom. The number of phenolic OH excluding ortho intramolecular Hbond substituents is 1. The molecule has 1 heterocycles. The molecule has 7 nitrogen and oxygen atoms in total. The number of carbonyl (C=O) groups excluding carboxylic acids is 1. The van der Waals surface area contributed by atoms with Gasteiger partial charge in [-0.25, -0.2) is 9.18 Å². The van der Waals surface area contributed by atoms with Crippen molar-refractivity contribution in [2.45, 2.75) is 13.8 Å². The number of aromatic carboxylic acids is 1. The number of nitrogens with one attached hydrogen (secondary N) is 2. The Hall–Kier alpha value is -4.98. The van der Waals surface area contributed by atoms with E-state index >= 15 is 0 Å². The van der Waals surface area contributed by atoms with Gasteiger partial charge in [-0.3, -0.25) is 10.2 Å². The summed E-state index contributed by atoms with van der Waals surface area (Å²) in [6.45, 7) is 3.91. The van der Waals surface area contributed by atoms with E-state index in [-0.39, 0.29) is 28.3 Å². The predicted octanol–water partition coefficient (Wildman–Crippen LogP) is 5.95. The minimum atomic E-state index is -1.08. The standard InChI is InChI=1S/C29H22FN3O4/c1-15-9-10-18(13-16(15)2)24-22(30)12-11-21-25(24)31-28(35)26(21)33-32-23-8-4-7-20(27(23)34)17-5-3-6-19(14-17)29(36)37/h3-14,32,34H,1-2H3,(H,36,37)(H,31,33,35). The monoisotopic (exact) mass is 495 g/mol. The molecule has 1 aliphatic heterocycles. The smallest absolute Gasteiger partial charge is 0.335 e. The number of aryl methyl sites for hydroxylation is 2. The highest BCUT2D eigenvalue weighted by molar-refractivity contribution is 6.54. The lowest BCUT2D eigenvalue weighted by atomic mass is 9.96. The van der Waals surface area contributed by atoms with Crippen LogP contribution in [0.15, 0.2) is 77.9 Å². The number of phenols is 1. The van der Waals surface area contributed by atoms with Crippen molar-refractivity contribution in [3.8, 4) is 28.0 Å². The second kappa shape index (κ2) is 9.23. The van der Waals surface area contributed by atoms with Gasteiger partial charge in [0.05, 0.1) is 16.9 Å². The van der Waals surface area contributed by atoms with E-state index < -0.39 is 17.7 Å². The highest BCUT2D eigenvalue weighted by atomic mass is 19.1. The van der Waals surface area contributed by atoms with E-state index in [4.69, 9.17) is 0 Å². The van der Waals surface area contributed by atoms with Crippen LogP contribution in [0.25, 0.3) is 22.3 Å². The highest BCUT2D eigenvalue weighted by Gasteiger charge is 2.30. The molecule has 0 fully saturated rings. The number of hydrogen-bond donors (Lipinski definition) is 4. The number of rotatable bonds is 5. The van der Waals surface area contributed by atoms with Gasteiger partial charge < -0.3 is 15.5 Å². The van der Waals surface area contributed by atoms with Gasteiger partial charge in [-0.1, -0.05) is 42.5 Å². The fourth-order valence-corrected chi connectivity index (χ4v) is 4.29. The molecule has 4 N–H and O–H groups in total. The quantitative estimate of drug-likeness (QED) is 0.202. The average molecular weight is 496 g/mol. The van der Waals surface area contributed by atoms with Gasteiger partial charge in [0.1, 0.15) is 11.6 Å². The number of para-hydroxylation sites is 1. The molecule has 0 saturated carbocycles. The van der Waals surface area contributed by atoms with Gasteiger partial charge in [-0.2, -0.15) is 5.10 Å². The van der Waals surface area contributed by atoms with Gasteiger partial charge in [0.15, 0.2) is 5.71 Å². The van der Waals surface area contributed by atoms with Crippen LogP contribution in [-0.4, -0.2) is 27.8 Å². The van der Waals surface area contributed by atoms with E-state index in [0.29, 0.717) is 27.9 Å². The Bertz CT molecular complexity index is 1630. The number of aromatic hydroxyl groups is 1. The molecule has 5 rings (SSSR count). The molecule has 0 radical (unpaired) electrons. The van der Waals surface area contributed by atoms with Crippen LogP contribution in [0.2, 0.25) is 0 Å². The molecule has 0 unspecified atom stereocenters. The summed E-state index contributed by atoms with van der Waals surface area (Å²) in [4.78, 5) is 24.2. The summed E-state index contributed by atoms with van der Waals surface area (Å²) in [6.07, 6.45) is 0. The van der Waals surface area contributed by atoms with Crippen molar-refractivity contribution in [2.75, 3.05) is 10.7 Å². The van der Waals surface area contributed by atoms with Gasteiger partial charge in [0.2, 0.25) is 0 Å². The first-order chi connectivity index (χ1) is 17.7. The van der Waals surface area contributed by atoms with E-state index in [1.165, 1.54) is 24.3 Å². The van der Waals surface area contributed by atoms with Gasteiger partial charge >= 0.3 is 5.97 Å². The summed E-state index contributed by atoms with van der Waals surface area (Å²) in [5.74, 6) is -2.22. The molecule has 4 aromatic rings. The zero-order valence-electron chi connectivity index (χ0n) is 20.0. The van der Waals surface area contributed by atoms with Crippen molar-refractivity contribution >= 4 is 29.0 Å². The van der Waals surface area contributed by atoms with Crippen LogP contribution < -0.4 is 10.7 Å². The SMILES string of the molecule is Cc1ccc(-c2c(F)ccc3c2NC(=O)C3=NNc2cccc(-c3cccc(C(=O)O)c3)c2O)cc1C. The van der Waals surface area contributed by atoms with Crippen LogP contribution >= 0.6 is 0 Å². The minimum absolute atomic E-state index is 0.0396. The Balaban J connectivity index is 1.51. The minimum Gasteiger partial charge on any atom is -0.505 e. The first-order valence-corrected chi connectivity index (χ1v) is 11.5. The van der Waals surface area contributed by atoms with Crippen LogP contribution in [-0.2, 0) is 4.79 Å². The average Bonchev–Trinajstić information content (AvgIpc) is 3.20. The number of benzene rings is 4. The van der Waals surface area contributed by atoms with E-state index in [1.807, 2.05) is 32.0 Å². The van der Waals surface area contributed by atoms with Crippen LogP contribution in [0.1, 0.15) is 27.0 Å². The fourth-order valence-electron chi connectivity index (χ4n) is 4.29. The summed E-state index contributed by atoms with van der Waals surface area (Å²) < 4.78 is 14.9. The number of carboxylic acids is 1. The summed E-state index contributed by atoms with van der Waals surface area (Å²) >= 11 is 0.